The quantitative estimate of drug-likeness (QED) is 0.621. The zero-order chi connectivity index (χ0) is 21.2. The Labute approximate surface area is 187 Å². The van der Waals surface area contributed by atoms with Crippen LogP contribution in [0.1, 0.15) is 36.1 Å². The summed E-state index contributed by atoms with van der Waals surface area (Å²) in [4.78, 5) is 18.7. The van der Waals surface area contributed by atoms with E-state index < -0.39 is 0 Å². The first-order valence-corrected chi connectivity index (χ1v) is 11.7. The lowest BCUT2D eigenvalue weighted by molar-refractivity contribution is -0.135. The van der Waals surface area contributed by atoms with Gasteiger partial charge in [-0.25, -0.2) is 0 Å². The predicted octanol–water partition coefficient (Wildman–Crippen LogP) is 5.13. The van der Waals surface area contributed by atoms with Crippen LogP contribution in [0.15, 0.2) is 42.5 Å². The number of methoxy groups -OCH3 is 1. The zero-order valence-corrected chi connectivity index (χ0v) is 18.5. The van der Waals surface area contributed by atoms with E-state index in [-0.39, 0.29) is 11.3 Å². The molecule has 2 heterocycles. The number of carbonyl (C=O) groups excluding carboxylic acids is 1. The summed E-state index contributed by atoms with van der Waals surface area (Å²) in [7, 11) is 1.73. The van der Waals surface area contributed by atoms with Gasteiger partial charge in [0.15, 0.2) is 0 Å². The summed E-state index contributed by atoms with van der Waals surface area (Å²) >= 11 is 6.53. The van der Waals surface area contributed by atoms with Crippen molar-refractivity contribution in [2.24, 2.45) is 11.8 Å². The van der Waals surface area contributed by atoms with Crippen LogP contribution in [0.3, 0.4) is 0 Å². The molecule has 4 nitrogen and oxygen atoms in total. The fraction of sp³-hybridized carbons (Fsp3) is 0.423. The summed E-state index contributed by atoms with van der Waals surface area (Å²) in [6, 6.07) is 14.7. The Balaban J connectivity index is 1.46. The van der Waals surface area contributed by atoms with Crippen molar-refractivity contribution in [3.63, 3.8) is 0 Å². The van der Waals surface area contributed by atoms with E-state index in [0.29, 0.717) is 11.8 Å². The van der Waals surface area contributed by atoms with Crippen LogP contribution in [0.5, 0.6) is 5.75 Å². The number of H-pyrrole nitrogens is 1. The summed E-state index contributed by atoms with van der Waals surface area (Å²) in [6.45, 7) is 1.67. The molecule has 1 aliphatic heterocycles. The largest absolute Gasteiger partial charge is 0.497 e. The molecule has 1 saturated carbocycles. The standard InChI is InChI=1S/C26H27ClN2O2/c1-31-19-5-2-4-17(12-19)26-10-11-29(25(30)16-8-9-16)15-18(26)13-21-20-6-3-7-22(27)24(20)28-23(21)14-26/h2-7,12,16,18,28H,8-11,13-15H2,1H3/t18?,26-/m1/s1. The molecule has 1 N–H and O–H groups in total. The Morgan fingerprint density at radius 1 is 1.23 bits per heavy atom. The first kappa shape index (κ1) is 19.2. The molecule has 1 aromatic heterocycles. The SMILES string of the molecule is COc1cccc([C@]23CCN(C(=O)C4CC4)CC2Cc2c([nH]c4c(Cl)cccc24)C3)c1. The molecule has 31 heavy (non-hydrogen) atoms. The Morgan fingerprint density at radius 2 is 2.06 bits per heavy atom. The van der Waals surface area contributed by atoms with Crippen molar-refractivity contribution >= 4 is 28.4 Å². The number of rotatable bonds is 3. The van der Waals surface area contributed by atoms with Crippen molar-refractivity contribution in [2.45, 2.75) is 37.5 Å². The van der Waals surface area contributed by atoms with Crippen molar-refractivity contribution < 1.29 is 9.53 Å². The topological polar surface area (TPSA) is 45.3 Å². The lowest BCUT2D eigenvalue weighted by Gasteiger charge is -2.51. The lowest BCUT2D eigenvalue weighted by Crippen LogP contribution is -2.55. The average Bonchev–Trinajstić information content (AvgIpc) is 3.59. The normalized spacial score (nSPS) is 25.2. The van der Waals surface area contributed by atoms with Gasteiger partial charge in [-0.15, -0.1) is 0 Å². The van der Waals surface area contributed by atoms with E-state index in [4.69, 9.17) is 16.3 Å². The number of aromatic amines is 1. The van der Waals surface area contributed by atoms with E-state index in [9.17, 15) is 4.79 Å². The predicted molar refractivity (Wildman–Crippen MR) is 123 cm³/mol. The maximum absolute atomic E-state index is 12.9. The van der Waals surface area contributed by atoms with Gasteiger partial charge < -0.3 is 14.6 Å². The number of ether oxygens (including phenoxy) is 1. The third-order valence-electron chi connectivity index (χ3n) is 7.85. The molecular formula is C26H27ClN2O2. The third kappa shape index (κ3) is 2.99. The molecule has 1 unspecified atom stereocenters. The van der Waals surface area contributed by atoms with E-state index >= 15 is 0 Å². The van der Waals surface area contributed by atoms with Gasteiger partial charge in [0.25, 0.3) is 0 Å². The van der Waals surface area contributed by atoms with E-state index in [0.717, 1.165) is 61.5 Å². The minimum absolute atomic E-state index is 0.00474. The number of benzene rings is 2. The van der Waals surface area contributed by atoms with Crippen LogP contribution in [0.4, 0.5) is 0 Å². The molecular weight excluding hydrogens is 408 g/mol. The first-order valence-electron chi connectivity index (χ1n) is 11.3. The van der Waals surface area contributed by atoms with Crippen LogP contribution in [0.2, 0.25) is 5.02 Å². The van der Waals surface area contributed by atoms with Crippen LogP contribution in [0.25, 0.3) is 10.9 Å². The van der Waals surface area contributed by atoms with E-state index in [2.05, 4.69) is 34.1 Å². The molecule has 0 radical (unpaired) electrons. The smallest absolute Gasteiger partial charge is 0.225 e. The van der Waals surface area contributed by atoms with E-state index in [1.807, 2.05) is 18.2 Å². The molecule has 1 saturated heterocycles. The van der Waals surface area contributed by atoms with Gasteiger partial charge in [0.05, 0.1) is 17.6 Å². The highest BCUT2D eigenvalue weighted by Gasteiger charge is 2.50. The van der Waals surface area contributed by atoms with Crippen molar-refractivity contribution in [3.8, 4) is 5.75 Å². The molecule has 1 amide bonds. The monoisotopic (exact) mass is 434 g/mol. The summed E-state index contributed by atoms with van der Waals surface area (Å²) in [5.41, 5.74) is 5.03. The van der Waals surface area contributed by atoms with Gasteiger partial charge in [-0.1, -0.05) is 35.9 Å². The maximum Gasteiger partial charge on any atom is 0.225 e. The summed E-state index contributed by atoms with van der Waals surface area (Å²) in [5, 5.41) is 2.00. The number of fused-ring (bicyclic) bond motifs is 4. The van der Waals surface area contributed by atoms with Gasteiger partial charge in [0.1, 0.15) is 5.75 Å². The van der Waals surface area contributed by atoms with E-state index in [1.54, 1.807) is 7.11 Å². The fourth-order valence-corrected chi connectivity index (χ4v) is 6.23. The summed E-state index contributed by atoms with van der Waals surface area (Å²) in [5.74, 6) is 1.91. The highest BCUT2D eigenvalue weighted by atomic mass is 35.5. The molecule has 0 bridgehead atoms. The fourth-order valence-electron chi connectivity index (χ4n) is 6.00. The number of nitrogens with zero attached hydrogens (tertiary/aromatic N) is 1. The highest BCUT2D eigenvalue weighted by Crippen LogP contribution is 2.50. The van der Waals surface area contributed by atoms with Gasteiger partial charge in [-0.05, 0) is 67.3 Å². The van der Waals surface area contributed by atoms with Crippen LogP contribution < -0.4 is 4.74 Å². The number of amides is 1. The maximum atomic E-state index is 12.9. The van der Waals surface area contributed by atoms with Crippen LogP contribution in [-0.2, 0) is 23.1 Å². The number of piperidine rings is 1. The number of carbonyl (C=O) groups is 1. The minimum atomic E-state index is -0.00474. The van der Waals surface area contributed by atoms with Crippen LogP contribution in [0, 0.1) is 11.8 Å². The average molecular weight is 435 g/mol. The Bertz CT molecular complexity index is 1180. The van der Waals surface area contributed by atoms with Gasteiger partial charge >= 0.3 is 0 Å². The molecule has 2 aliphatic carbocycles. The van der Waals surface area contributed by atoms with Gasteiger partial charge in [0, 0.05) is 35.5 Å². The van der Waals surface area contributed by atoms with Crippen molar-refractivity contribution in [1.82, 2.24) is 9.88 Å². The lowest BCUT2D eigenvalue weighted by atomic mass is 9.58. The van der Waals surface area contributed by atoms with Gasteiger partial charge in [-0.3, -0.25) is 4.79 Å². The number of aromatic nitrogens is 1. The van der Waals surface area contributed by atoms with Crippen LogP contribution in [-0.4, -0.2) is 36.0 Å². The highest BCUT2D eigenvalue weighted by molar-refractivity contribution is 6.35. The number of para-hydroxylation sites is 1. The molecule has 3 aliphatic rings. The zero-order valence-electron chi connectivity index (χ0n) is 17.8. The summed E-state index contributed by atoms with van der Waals surface area (Å²) < 4.78 is 5.56. The molecule has 6 rings (SSSR count). The Kier molecular flexibility index (Phi) is 4.36. The number of nitrogens with one attached hydrogen (secondary N) is 1. The molecule has 2 fully saturated rings. The molecule has 5 heteroatoms. The molecule has 2 atom stereocenters. The minimum Gasteiger partial charge on any atom is -0.497 e. The molecule has 160 valence electrons. The second kappa shape index (κ2) is 7.03. The second-order valence-electron chi connectivity index (χ2n) is 9.52. The second-order valence-corrected chi connectivity index (χ2v) is 9.93. The number of likely N-dealkylation sites (tertiary alicyclic amines) is 1. The third-order valence-corrected chi connectivity index (χ3v) is 8.17. The van der Waals surface area contributed by atoms with Gasteiger partial charge in [-0.2, -0.15) is 0 Å². The van der Waals surface area contributed by atoms with Crippen molar-refractivity contribution in [1.29, 1.82) is 0 Å². The van der Waals surface area contributed by atoms with E-state index in [1.165, 1.54) is 22.2 Å². The Hall–Kier alpha value is -2.46. The van der Waals surface area contributed by atoms with Crippen molar-refractivity contribution in [2.75, 3.05) is 20.2 Å². The van der Waals surface area contributed by atoms with Gasteiger partial charge in [0.2, 0.25) is 5.91 Å². The van der Waals surface area contributed by atoms with Crippen LogP contribution >= 0.6 is 11.6 Å². The molecule has 2 aromatic carbocycles. The number of hydrogen-bond donors (Lipinski definition) is 1. The first-order chi connectivity index (χ1) is 15.1. The summed E-state index contributed by atoms with van der Waals surface area (Å²) in [6.07, 6.45) is 5.00. The van der Waals surface area contributed by atoms with Crippen molar-refractivity contribution in [3.05, 3.63) is 64.3 Å². The number of halogens is 1. The molecule has 0 spiro atoms. The number of hydrogen-bond acceptors (Lipinski definition) is 2. The Morgan fingerprint density at radius 3 is 2.87 bits per heavy atom. The molecule has 3 aromatic rings.